The summed E-state index contributed by atoms with van der Waals surface area (Å²) in [5.74, 6) is -0.176. The first-order valence-corrected chi connectivity index (χ1v) is 6.78. The zero-order valence-electron chi connectivity index (χ0n) is 10.9. The van der Waals surface area contributed by atoms with E-state index in [0.717, 1.165) is 5.56 Å². The molecule has 2 aromatic rings. The van der Waals surface area contributed by atoms with Gasteiger partial charge in [0.25, 0.3) is 5.91 Å². The van der Waals surface area contributed by atoms with E-state index in [1.54, 1.807) is 36.2 Å². The van der Waals surface area contributed by atoms with Crippen LogP contribution in [0.3, 0.4) is 0 Å². The third-order valence-corrected chi connectivity index (χ3v) is 3.50. The molecule has 5 heteroatoms. The lowest BCUT2D eigenvalue weighted by Crippen LogP contribution is -2.27. The fraction of sp³-hybridized carbons (Fsp3) is 0.133. The topological polar surface area (TPSA) is 46.3 Å². The third-order valence-electron chi connectivity index (χ3n) is 2.94. The number of nitrogen functional groups attached to an aromatic ring is 1. The number of anilines is 1. The summed E-state index contributed by atoms with van der Waals surface area (Å²) in [6, 6.07) is 12.4. The molecule has 20 heavy (non-hydrogen) atoms. The zero-order valence-corrected chi connectivity index (χ0v) is 12.4. The highest BCUT2D eigenvalue weighted by Crippen LogP contribution is 2.24. The van der Waals surface area contributed by atoms with Crippen LogP contribution in [0.5, 0.6) is 0 Å². The van der Waals surface area contributed by atoms with Crippen LogP contribution in [0.4, 0.5) is 5.69 Å². The van der Waals surface area contributed by atoms with Gasteiger partial charge in [0.2, 0.25) is 0 Å². The lowest BCUT2D eigenvalue weighted by molar-refractivity contribution is 0.0786. The first-order valence-electron chi connectivity index (χ1n) is 6.03. The normalized spacial score (nSPS) is 10.3. The van der Waals surface area contributed by atoms with Crippen LogP contribution >= 0.6 is 23.2 Å². The van der Waals surface area contributed by atoms with E-state index in [1.807, 2.05) is 18.2 Å². The summed E-state index contributed by atoms with van der Waals surface area (Å²) in [6.45, 7) is 0.450. The molecule has 3 nitrogen and oxygen atoms in total. The van der Waals surface area contributed by atoms with E-state index in [-0.39, 0.29) is 5.91 Å². The number of hydrogen-bond donors (Lipinski definition) is 1. The van der Waals surface area contributed by atoms with Gasteiger partial charge in [-0.3, -0.25) is 4.79 Å². The molecule has 0 saturated carbocycles. The SMILES string of the molecule is CN(Cc1cccc(Cl)c1)C(=O)c1cccc(Cl)c1N. The van der Waals surface area contributed by atoms with Crippen LogP contribution in [0.1, 0.15) is 15.9 Å². The molecule has 104 valence electrons. The summed E-state index contributed by atoms with van der Waals surface area (Å²) < 4.78 is 0. The number of para-hydroxylation sites is 1. The van der Waals surface area contributed by atoms with Gasteiger partial charge in [-0.2, -0.15) is 0 Å². The number of rotatable bonds is 3. The Morgan fingerprint density at radius 1 is 1.20 bits per heavy atom. The highest BCUT2D eigenvalue weighted by atomic mass is 35.5. The van der Waals surface area contributed by atoms with Crippen molar-refractivity contribution in [2.45, 2.75) is 6.54 Å². The monoisotopic (exact) mass is 308 g/mol. The minimum atomic E-state index is -0.176. The lowest BCUT2D eigenvalue weighted by Gasteiger charge is -2.18. The molecule has 0 atom stereocenters. The molecular formula is C15H14Cl2N2O. The molecule has 0 bridgehead atoms. The van der Waals surface area contributed by atoms with Crippen LogP contribution < -0.4 is 5.73 Å². The van der Waals surface area contributed by atoms with Gasteiger partial charge in [-0.05, 0) is 29.8 Å². The van der Waals surface area contributed by atoms with Crippen LogP contribution in [-0.2, 0) is 6.54 Å². The van der Waals surface area contributed by atoms with E-state index in [4.69, 9.17) is 28.9 Å². The van der Waals surface area contributed by atoms with Crippen molar-refractivity contribution >= 4 is 34.8 Å². The van der Waals surface area contributed by atoms with Crippen LogP contribution in [0.15, 0.2) is 42.5 Å². The van der Waals surface area contributed by atoms with Gasteiger partial charge in [0.15, 0.2) is 0 Å². The van der Waals surface area contributed by atoms with Crippen molar-refractivity contribution in [3.05, 3.63) is 63.6 Å². The quantitative estimate of drug-likeness (QED) is 0.875. The summed E-state index contributed by atoms with van der Waals surface area (Å²) in [5, 5.41) is 1.03. The highest BCUT2D eigenvalue weighted by Gasteiger charge is 2.16. The molecule has 0 fully saturated rings. The second-order valence-corrected chi connectivity index (χ2v) is 5.34. The molecule has 0 radical (unpaired) electrons. The molecule has 0 saturated heterocycles. The smallest absolute Gasteiger partial charge is 0.256 e. The average molecular weight is 309 g/mol. The molecule has 2 N–H and O–H groups in total. The Labute approximate surface area is 127 Å². The van der Waals surface area contributed by atoms with Crippen molar-refractivity contribution in [3.63, 3.8) is 0 Å². The van der Waals surface area contributed by atoms with E-state index < -0.39 is 0 Å². The van der Waals surface area contributed by atoms with Crippen molar-refractivity contribution in [1.82, 2.24) is 4.90 Å². The van der Waals surface area contributed by atoms with Crippen LogP contribution in [0.25, 0.3) is 0 Å². The summed E-state index contributed by atoms with van der Waals surface area (Å²) >= 11 is 11.9. The molecule has 0 unspecified atom stereocenters. The summed E-state index contributed by atoms with van der Waals surface area (Å²) in [4.78, 5) is 13.9. The average Bonchev–Trinajstić information content (AvgIpc) is 2.41. The maximum Gasteiger partial charge on any atom is 0.256 e. The standard InChI is InChI=1S/C15H14Cl2N2O/c1-19(9-10-4-2-5-11(16)8-10)15(20)12-6-3-7-13(17)14(12)18/h2-8H,9,18H2,1H3. The summed E-state index contributed by atoms with van der Waals surface area (Å²) in [6.07, 6.45) is 0. The number of nitrogens with two attached hydrogens (primary N) is 1. The Hall–Kier alpha value is -1.71. The number of carbonyl (C=O) groups is 1. The number of carbonyl (C=O) groups excluding carboxylic acids is 1. The Balaban J connectivity index is 2.19. The number of nitrogens with zero attached hydrogens (tertiary/aromatic N) is 1. The maximum atomic E-state index is 12.4. The van der Waals surface area contributed by atoms with Gasteiger partial charge in [-0.25, -0.2) is 0 Å². The molecule has 0 aliphatic heterocycles. The lowest BCUT2D eigenvalue weighted by atomic mass is 10.1. The predicted molar refractivity (Wildman–Crippen MR) is 83.1 cm³/mol. The van der Waals surface area contributed by atoms with Crippen molar-refractivity contribution in [1.29, 1.82) is 0 Å². The molecular weight excluding hydrogens is 295 g/mol. The largest absolute Gasteiger partial charge is 0.397 e. The fourth-order valence-electron chi connectivity index (χ4n) is 1.91. The minimum Gasteiger partial charge on any atom is -0.397 e. The maximum absolute atomic E-state index is 12.4. The van der Waals surface area contributed by atoms with Gasteiger partial charge >= 0.3 is 0 Å². The predicted octanol–water partition coefficient (Wildman–Crippen LogP) is 3.85. The first-order chi connectivity index (χ1) is 9.49. The van der Waals surface area contributed by atoms with E-state index in [9.17, 15) is 4.79 Å². The molecule has 1 amide bonds. The second-order valence-electron chi connectivity index (χ2n) is 4.49. The molecule has 0 aliphatic rings. The van der Waals surface area contributed by atoms with Crippen molar-refractivity contribution in [2.75, 3.05) is 12.8 Å². The Kier molecular flexibility index (Phi) is 4.53. The van der Waals surface area contributed by atoms with Gasteiger partial charge in [-0.1, -0.05) is 41.4 Å². The van der Waals surface area contributed by atoms with Crippen molar-refractivity contribution in [3.8, 4) is 0 Å². The summed E-state index contributed by atoms with van der Waals surface area (Å²) in [7, 11) is 1.71. The molecule has 0 aromatic heterocycles. The Morgan fingerprint density at radius 3 is 2.60 bits per heavy atom. The van der Waals surface area contributed by atoms with Gasteiger partial charge in [0.05, 0.1) is 16.3 Å². The van der Waals surface area contributed by atoms with Crippen molar-refractivity contribution < 1.29 is 4.79 Å². The minimum absolute atomic E-state index is 0.176. The third kappa shape index (κ3) is 3.24. The highest BCUT2D eigenvalue weighted by molar-refractivity contribution is 6.34. The van der Waals surface area contributed by atoms with Gasteiger partial charge in [0.1, 0.15) is 0 Å². The van der Waals surface area contributed by atoms with Crippen LogP contribution in [-0.4, -0.2) is 17.9 Å². The molecule has 0 aliphatic carbocycles. The van der Waals surface area contributed by atoms with Gasteiger partial charge in [0, 0.05) is 18.6 Å². The zero-order chi connectivity index (χ0) is 14.7. The molecule has 2 rings (SSSR count). The second kappa shape index (κ2) is 6.16. The van der Waals surface area contributed by atoms with Crippen molar-refractivity contribution in [2.24, 2.45) is 0 Å². The van der Waals surface area contributed by atoms with Crippen LogP contribution in [0, 0.1) is 0 Å². The van der Waals surface area contributed by atoms with E-state index in [2.05, 4.69) is 0 Å². The van der Waals surface area contributed by atoms with Gasteiger partial charge in [-0.15, -0.1) is 0 Å². The van der Waals surface area contributed by atoms with E-state index in [0.29, 0.717) is 27.8 Å². The molecule has 0 spiro atoms. The number of halogens is 2. The van der Waals surface area contributed by atoms with Crippen LogP contribution in [0.2, 0.25) is 10.0 Å². The molecule has 0 heterocycles. The Morgan fingerprint density at radius 2 is 1.90 bits per heavy atom. The number of amides is 1. The van der Waals surface area contributed by atoms with E-state index >= 15 is 0 Å². The fourth-order valence-corrected chi connectivity index (χ4v) is 2.30. The summed E-state index contributed by atoms with van der Waals surface area (Å²) in [5.41, 5.74) is 7.50. The van der Waals surface area contributed by atoms with E-state index in [1.165, 1.54) is 0 Å². The first kappa shape index (κ1) is 14.7. The number of hydrogen-bond acceptors (Lipinski definition) is 2. The molecule has 2 aromatic carbocycles. The van der Waals surface area contributed by atoms with Gasteiger partial charge < -0.3 is 10.6 Å². The number of benzene rings is 2. The Bertz CT molecular complexity index is 644.